The number of benzene rings is 1. The number of hydrogen-bond acceptors (Lipinski definition) is 3. The lowest BCUT2D eigenvalue weighted by molar-refractivity contribution is 0.458. The van der Waals surface area contributed by atoms with Crippen LogP contribution in [0.2, 0.25) is 0 Å². The molecule has 0 heterocycles. The van der Waals surface area contributed by atoms with Crippen LogP contribution in [0.25, 0.3) is 0 Å². The van der Waals surface area contributed by atoms with Crippen molar-refractivity contribution in [2.75, 3.05) is 27.2 Å². The molecule has 0 amide bonds. The molecule has 0 atom stereocenters. The Kier molecular flexibility index (Phi) is 4.55. The molecule has 17 heavy (non-hydrogen) atoms. The van der Waals surface area contributed by atoms with Crippen LogP contribution < -0.4 is 5.32 Å². The van der Waals surface area contributed by atoms with Crippen LogP contribution >= 0.6 is 0 Å². The first kappa shape index (κ1) is 14.0. The van der Waals surface area contributed by atoms with Gasteiger partial charge in [0.1, 0.15) is 16.5 Å². The largest absolute Gasteiger partial charge is 0.318 e. The number of rotatable bonds is 5. The second kappa shape index (κ2) is 5.52. The lowest BCUT2D eigenvalue weighted by Crippen LogP contribution is -2.33. The van der Waals surface area contributed by atoms with Gasteiger partial charge in [-0.1, -0.05) is 0 Å². The van der Waals surface area contributed by atoms with E-state index in [9.17, 15) is 17.2 Å². The highest BCUT2D eigenvalue weighted by Gasteiger charge is 2.24. The highest BCUT2D eigenvalue weighted by atomic mass is 32.2. The number of nitrogens with zero attached hydrogens (tertiary/aromatic N) is 1. The molecule has 0 radical (unpaired) electrons. The van der Waals surface area contributed by atoms with Crippen molar-refractivity contribution < 1.29 is 17.2 Å². The van der Waals surface area contributed by atoms with Gasteiger partial charge in [0.2, 0.25) is 10.0 Å². The molecule has 1 aromatic rings. The van der Waals surface area contributed by atoms with Gasteiger partial charge >= 0.3 is 0 Å². The first-order valence-corrected chi connectivity index (χ1v) is 6.39. The number of nitrogens with one attached hydrogen (secondary N) is 1. The average Bonchev–Trinajstić information content (AvgIpc) is 2.28. The summed E-state index contributed by atoms with van der Waals surface area (Å²) in [7, 11) is -1.000. The van der Waals surface area contributed by atoms with Gasteiger partial charge in [-0.15, -0.1) is 0 Å². The summed E-state index contributed by atoms with van der Waals surface area (Å²) in [5.74, 6) is -1.74. The molecule has 7 heteroatoms. The third kappa shape index (κ3) is 3.21. The fourth-order valence-electron chi connectivity index (χ4n) is 1.23. The summed E-state index contributed by atoms with van der Waals surface area (Å²) in [6.45, 7) is 0.599. The standard InChI is InChI=1S/C10H14F2N2O2S/c1-13-5-6-14(2)17(15,16)10-7-8(11)3-4-9(10)12/h3-4,7,13H,5-6H2,1-2H3. The lowest BCUT2D eigenvalue weighted by Gasteiger charge is -2.17. The molecule has 0 aliphatic carbocycles. The Balaban J connectivity index is 3.08. The second-order valence-electron chi connectivity index (χ2n) is 3.50. The van der Waals surface area contributed by atoms with E-state index in [1.807, 2.05) is 0 Å². The van der Waals surface area contributed by atoms with Gasteiger partial charge in [-0.25, -0.2) is 17.2 Å². The molecule has 0 unspecified atom stereocenters. The van der Waals surface area contributed by atoms with Crippen molar-refractivity contribution >= 4 is 10.0 Å². The topological polar surface area (TPSA) is 49.4 Å². The van der Waals surface area contributed by atoms with Gasteiger partial charge in [-0.3, -0.25) is 0 Å². The summed E-state index contributed by atoms with van der Waals surface area (Å²) >= 11 is 0. The maximum Gasteiger partial charge on any atom is 0.245 e. The van der Waals surface area contributed by atoms with E-state index >= 15 is 0 Å². The zero-order valence-electron chi connectivity index (χ0n) is 9.57. The van der Waals surface area contributed by atoms with Crippen LogP contribution in [0, 0.1) is 11.6 Å². The third-order valence-electron chi connectivity index (χ3n) is 2.26. The molecule has 0 spiro atoms. The van der Waals surface area contributed by atoms with E-state index in [1.165, 1.54) is 7.05 Å². The Hall–Kier alpha value is -1.05. The molecular formula is C10H14F2N2O2S. The van der Waals surface area contributed by atoms with Crippen molar-refractivity contribution in [1.29, 1.82) is 0 Å². The molecule has 0 aromatic heterocycles. The zero-order valence-corrected chi connectivity index (χ0v) is 10.4. The molecule has 0 aliphatic heterocycles. The lowest BCUT2D eigenvalue weighted by atomic mass is 10.3. The van der Waals surface area contributed by atoms with Gasteiger partial charge < -0.3 is 5.32 Å². The highest BCUT2D eigenvalue weighted by Crippen LogP contribution is 2.19. The summed E-state index contributed by atoms with van der Waals surface area (Å²) in [6.07, 6.45) is 0. The summed E-state index contributed by atoms with van der Waals surface area (Å²) in [4.78, 5) is -0.642. The maximum absolute atomic E-state index is 13.4. The predicted molar refractivity (Wildman–Crippen MR) is 60.1 cm³/mol. The van der Waals surface area contributed by atoms with Crippen LogP contribution in [0.3, 0.4) is 0 Å². The average molecular weight is 264 g/mol. The fraction of sp³-hybridized carbons (Fsp3) is 0.400. The number of halogens is 2. The number of likely N-dealkylation sites (N-methyl/N-ethyl adjacent to an activating group) is 2. The zero-order chi connectivity index (χ0) is 13.1. The highest BCUT2D eigenvalue weighted by molar-refractivity contribution is 7.89. The van der Waals surface area contributed by atoms with Crippen LogP contribution in [0.15, 0.2) is 23.1 Å². The molecule has 1 aromatic carbocycles. The Labute approximate surface area is 99.3 Å². The van der Waals surface area contributed by atoms with Gasteiger partial charge in [0.25, 0.3) is 0 Å². The van der Waals surface area contributed by atoms with Gasteiger partial charge in [0, 0.05) is 20.1 Å². The van der Waals surface area contributed by atoms with Gasteiger partial charge in [0.05, 0.1) is 0 Å². The van der Waals surface area contributed by atoms with E-state index in [1.54, 1.807) is 7.05 Å². The van der Waals surface area contributed by atoms with Crippen LogP contribution in [-0.2, 0) is 10.0 Å². The molecule has 1 rings (SSSR count). The van der Waals surface area contributed by atoms with E-state index in [0.29, 0.717) is 12.6 Å². The Morgan fingerprint density at radius 1 is 1.35 bits per heavy atom. The van der Waals surface area contributed by atoms with Gasteiger partial charge in [0.15, 0.2) is 0 Å². The van der Waals surface area contributed by atoms with E-state index in [4.69, 9.17) is 0 Å². The molecule has 0 saturated heterocycles. The Morgan fingerprint density at radius 3 is 2.59 bits per heavy atom. The minimum atomic E-state index is -3.99. The van der Waals surface area contributed by atoms with Crippen molar-refractivity contribution in [2.24, 2.45) is 0 Å². The predicted octanol–water partition coefficient (Wildman–Crippen LogP) is 0.805. The monoisotopic (exact) mass is 264 g/mol. The minimum absolute atomic E-state index is 0.175. The fourth-order valence-corrected chi connectivity index (χ4v) is 2.48. The molecule has 0 fully saturated rings. The van der Waals surface area contributed by atoms with Crippen molar-refractivity contribution in [3.05, 3.63) is 29.8 Å². The Morgan fingerprint density at radius 2 is 2.00 bits per heavy atom. The molecule has 4 nitrogen and oxygen atoms in total. The van der Waals surface area contributed by atoms with Crippen molar-refractivity contribution in [2.45, 2.75) is 4.90 Å². The van der Waals surface area contributed by atoms with E-state index in [2.05, 4.69) is 5.32 Å². The summed E-state index contributed by atoms with van der Waals surface area (Å²) in [5, 5.41) is 2.77. The SMILES string of the molecule is CNCCN(C)S(=O)(=O)c1cc(F)ccc1F. The quantitative estimate of drug-likeness (QED) is 0.856. The van der Waals surface area contributed by atoms with Crippen molar-refractivity contribution in [1.82, 2.24) is 9.62 Å². The molecule has 0 saturated carbocycles. The van der Waals surface area contributed by atoms with E-state index < -0.39 is 26.6 Å². The van der Waals surface area contributed by atoms with E-state index in [-0.39, 0.29) is 6.54 Å². The Bertz CT molecular complexity index is 491. The molecular weight excluding hydrogens is 250 g/mol. The van der Waals surface area contributed by atoms with Crippen LogP contribution in [0.4, 0.5) is 8.78 Å². The summed E-state index contributed by atoms with van der Waals surface area (Å²) in [6, 6.07) is 2.36. The van der Waals surface area contributed by atoms with Gasteiger partial charge in [-0.2, -0.15) is 4.31 Å². The molecule has 0 aliphatic rings. The smallest absolute Gasteiger partial charge is 0.245 e. The van der Waals surface area contributed by atoms with E-state index in [0.717, 1.165) is 16.4 Å². The van der Waals surface area contributed by atoms with Crippen molar-refractivity contribution in [3.63, 3.8) is 0 Å². The van der Waals surface area contributed by atoms with Crippen molar-refractivity contribution in [3.8, 4) is 0 Å². The maximum atomic E-state index is 13.4. The molecule has 1 N–H and O–H groups in total. The first-order chi connectivity index (χ1) is 7.89. The van der Waals surface area contributed by atoms with Gasteiger partial charge in [-0.05, 0) is 25.2 Å². The molecule has 0 bridgehead atoms. The summed E-state index contributed by atoms with van der Waals surface area (Å²) in [5.41, 5.74) is 0. The van der Waals surface area contributed by atoms with Crippen LogP contribution in [0.5, 0.6) is 0 Å². The molecule has 96 valence electrons. The minimum Gasteiger partial charge on any atom is -0.318 e. The number of hydrogen-bond donors (Lipinski definition) is 1. The van der Waals surface area contributed by atoms with Crippen LogP contribution in [0.1, 0.15) is 0 Å². The normalized spacial score (nSPS) is 12.1. The third-order valence-corrected chi connectivity index (χ3v) is 4.13. The first-order valence-electron chi connectivity index (χ1n) is 4.95. The number of sulfonamides is 1. The summed E-state index contributed by atoms with van der Waals surface area (Å²) < 4.78 is 51.1. The van der Waals surface area contributed by atoms with Crippen LogP contribution in [-0.4, -0.2) is 39.9 Å². The second-order valence-corrected chi connectivity index (χ2v) is 5.52.